The molecule has 1 aliphatic rings. The van der Waals surface area contributed by atoms with Gasteiger partial charge in [-0.2, -0.15) is 4.31 Å². The first-order chi connectivity index (χ1) is 9.77. The van der Waals surface area contributed by atoms with Crippen molar-refractivity contribution < 1.29 is 12.8 Å². The maximum Gasteiger partial charge on any atom is 0.243 e. The summed E-state index contributed by atoms with van der Waals surface area (Å²) in [4.78, 5) is 2.23. The van der Waals surface area contributed by atoms with Crippen LogP contribution < -0.4 is 5.73 Å². The van der Waals surface area contributed by atoms with Crippen LogP contribution in [0.3, 0.4) is 0 Å². The molecule has 1 aromatic carbocycles. The molecule has 2 rings (SSSR count). The Morgan fingerprint density at radius 3 is 2.62 bits per heavy atom. The average molecular weight is 315 g/mol. The highest BCUT2D eigenvalue weighted by Gasteiger charge is 2.32. The third-order valence-corrected chi connectivity index (χ3v) is 5.95. The van der Waals surface area contributed by atoms with Crippen LogP contribution in [0.1, 0.15) is 18.9 Å². The van der Waals surface area contributed by atoms with Gasteiger partial charge in [-0.25, -0.2) is 12.8 Å². The van der Waals surface area contributed by atoms with Crippen molar-refractivity contribution in [3.05, 3.63) is 23.5 Å². The van der Waals surface area contributed by atoms with E-state index in [0.717, 1.165) is 6.42 Å². The zero-order valence-electron chi connectivity index (χ0n) is 12.6. The number of anilines is 1. The SMILES string of the molecule is CCC1CN(S(=O)(=O)c2cc(C)c(F)c(N)c2)CCN1C. The highest BCUT2D eigenvalue weighted by atomic mass is 32.2. The van der Waals surface area contributed by atoms with Gasteiger partial charge in [-0.1, -0.05) is 6.92 Å². The van der Waals surface area contributed by atoms with Gasteiger partial charge in [-0.05, 0) is 38.1 Å². The summed E-state index contributed by atoms with van der Waals surface area (Å²) in [7, 11) is -1.63. The Kier molecular flexibility index (Phi) is 4.55. The van der Waals surface area contributed by atoms with E-state index in [1.54, 1.807) is 0 Å². The highest BCUT2D eigenvalue weighted by molar-refractivity contribution is 7.89. The van der Waals surface area contributed by atoms with E-state index < -0.39 is 15.8 Å². The van der Waals surface area contributed by atoms with Gasteiger partial charge >= 0.3 is 0 Å². The number of nitrogens with two attached hydrogens (primary N) is 1. The molecule has 0 aliphatic carbocycles. The van der Waals surface area contributed by atoms with Gasteiger partial charge in [0.05, 0.1) is 10.6 Å². The fourth-order valence-electron chi connectivity index (χ4n) is 2.64. The van der Waals surface area contributed by atoms with Crippen LogP contribution in [-0.4, -0.2) is 50.3 Å². The maximum absolute atomic E-state index is 13.6. The molecule has 7 heteroatoms. The van der Waals surface area contributed by atoms with Crippen LogP contribution in [0.2, 0.25) is 0 Å². The van der Waals surface area contributed by atoms with Crippen molar-refractivity contribution in [1.29, 1.82) is 0 Å². The Morgan fingerprint density at radius 1 is 1.38 bits per heavy atom. The number of sulfonamides is 1. The zero-order chi connectivity index (χ0) is 15.8. The van der Waals surface area contributed by atoms with E-state index in [2.05, 4.69) is 4.90 Å². The summed E-state index contributed by atoms with van der Waals surface area (Å²) in [6, 6.07) is 2.75. The molecule has 118 valence electrons. The van der Waals surface area contributed by atoms with Gasteiger partial charge in [-0.3, -0.25) is 0 Å². The van der Waals surface area contributed by atoms with Gasteiger partial charge in [0.25, 0.3) is 0 Å². The number of benzene rings is 1. The Hall–Kier alpha value is -1.18. The van der Waals surface area contributed by atoms with Gasteiger partial charge in [0.1, 0.15) is 5.82 Å². The van der Waals surface area contributed by atoms with Crippen LogP contribution in [0.5, 0.6) is 0 Å². The Morgan fingerprint density at radius 2 is 2.05 bits per heavy atom. The second-order valence-corrected chi connectivity index (χ2v) is 7.49. The number of nitrogens with zero attached hydrogens (tertiary/aromatic N) is 2. The first-order valence-corrected chi connectivity index (χ1v) is 8.47. The monoisotopic (exact) mass is 315 g/mol. The van der Waals surface area contributed by atoms with E-state index in [9.17, 15) is 12.8 Å². The molecule has 1 heterocycles. The summed E-state index contributed by atoms with van der Waals surface area (Å²) in [6.45, 7) is 5.13. The second-order valence-electron chi connectivity index (χ2n) is 5.55. The summed E-state index contributed by atoms with van der Waals surface area (Å²) in [5.74, 6) is -0.557. The third kappa shape index (κ3) is 3.04. The molecule has 0 amide bonds. The summed E-state index contributed by atoms with van der Waals surface area (Å²) in [5, 5.41) is 0. The highest BCUT2D eigenvalue weighted by Crippen LogP contribution is 2.25. The van der Waals surface area contributed by atoms with Crippen LogP contribution in [0.4, 0.5) is 10.1 Å². The van der Waals surface area contributed by atoms with Crippen molar-refractivity contribution in [1.82, 2.24) is 9.21 Å². The van der Waals surface area contributed by atoms with Crippen molar-refractivity contribution in [2.24, 2.45) is 0 Å². The minimum Gasteiger partial charge on any atom is -0.396 e. The van der Waals surface area contributed by atoms with Gasteiger partial charge in [0.15, 0.2) is 0 Å². The standard InChI is InChI=1S/C14H22FN3O2S/c1-4-11-9-18(6-5-17(11)3)21(19,20)12-7-10(2)14(15)13(16)8-12/h7-8,11H,4-6,9,16H2,1-3H3. The molecule has 1 saturated heterocycles. The fraction of sp³-hybridized carbons (Fsp3) is 0.571. The fourth-order valence-corrected chi connectivity index (χ4v) is 4.23. The molecule has 0 bridgehead atoms. The molecule has 2 N–H and O–H groups in total. The van der Waals surface area contributed by atoms with E-state index in [1.807, 2.05) is 14.0 Å². The average Bonchev–Trinajstić information content (AvgIpc) is 2.44. The van der Waals surface area contributed by atoms with E-state index in [1.165, 1.54) is 23.4 Å². The van der Waals surface area contributed by atoms with Crippen molar-refractivity contribution in [3.8, 4) is 0 Å². The molecule has 1 aliphatic heterocycles. The summed E-state index contributed by atoms with van der Waals surface area (Å²) in [5.41, 5.74) is 5.67. The maximum atomic E-state index is 13.6. The van der Waals surface area contributed by atoms with Crippen molar-refractivity contribution in [2.45, 2.75) is 31.2 Å². The van der Waals surface area contributed by atoms with Crippen LogP contribution in [0, 0.1) is 12.7 Å². The molecule has 0 aromatic heterocycles. The number of nitrogen functional groups attached to an aromatic ring is 1. The second kappa shape index (κ2) is 5.90. The summed E-state index contributed by atoms with van der Waals surface area (Å²) >= 11 is 0. The number of aryl methyl sites for hydroxylation is 1. The smallest absolute Gasteiger partial charge is 0.243 e. The van der Waals surface area contributed by atoms with Crippen LogP contribution in [0.25, 0.3) is 0 Å². The topological polar surface area (TPSA) is 66.6 Å². The third-order valence-electron chi connectivity index (χ3n) is 4.11. The van der Waals surface area contributed by atoms with Gasteiger partial charge in [-0.15, -0.1) is 0 Å². The zero-order valence-corrected chi connectivity index (χ0v) is 13.5. The number of piperazine rings is 1. The van der Waals surface area contributed by atoms with E-state index >= 15 is 0 Å². The molecule has 1 fully saturated rings. The lowest BCUT2D eigenvalue weighted by Gasteiger charge is -2.38. The predicted octanol–water partition coefficient (Wildman–Crippen LogP) is 1.43. The molecule has 0 spiro atoms. The minimum absolute atomic E-state index is 0.0679. The van der Waals surface area contributed by atoms with Gasteiger partial charge < -0.3 is 10.6 Å². The first kappa shape index (κ1) is 16.2. The normalized spacial score (nSPS) is 21.6. The van der Waals surface area contributed by atoms with Gasteiger partial charge in [0.2, 0.25) is 10.0 Å². The van der Waals surface area contributed by atoms with Crippen molar-refractivity contribution >= 4 is 15.7 Å². The number of rotatable bonds is 3. The Labute approximate surface area is 125 Å². The molecule has 5 nitrogen and oxygen atoms in total. The van der Waals surface area contributed by atoms with Crippen molar-refractivity contribution in [2.75, 3.05) is 32.4 Å². The van der Waals surface area contributed by atoms with Gasteiger partial charge in [0, 0.05) is 25.7 Å². The predicted molar refractivity (Wildman–Crippen MR) is 81.0 cm³/mol. The molecule has 1 unspecified atom stereocenters. The molecule has 21 heavy (non-hydrogen) atoms. The first-order valence-electron chi connectivity index (χ1n) is 7.03. The van der Waals surface area contributed by atoms with Crippen LogP contribution >= 0.6 is 0 Å². The number of hydrogen-bond acceptors (Lipinski definition) is 4. The van der Waals surface area contributed by atoms with E-state index in [-0.39, 0.29) is 22.2 Å². The molecule has 0 radical (unpaired) electrons. The van der Waals surface area contributed by atoms with Crippen LogP contribution in [0.15, 0.2) is 17.0 Å². The molecule has 0 saturated carbocycles. The van der Waals surface area contributed by atoms with Crippen LogP contribution in [-0.2, 0) is 10.0 Å². The lowest BCUT2D eigenvalue weighted by Crippen LogP contribution is -2.52. The largest absolute Gasteiger partial charge is 0.396 e. The lowest BCUT2D eigenvalue weighted by atomic mass is 10.1. The Balaban J connectivity index is 2.34. The quantitative estimate of drug-likeness (QED) is 0.857. The molecular weight excluding hydrogens is 293 g/mol. The molecular formula is C14H22FN3O2S. The number of halogens is 1. The van der Waals surface area contributed by atoms with E-state index in [0.29, 0.717) is 19.6 Å². The number of hydrogen-bond donors (Lipinski definition) is 1. The number of likely N-dealkylation sites (N-methyl/N-ethyl adjacent to an activating group) is 1. The summed E-state index contributed by atoms with van der Waals surface area (Å²) in [6.07, 6.45) is 0.882. The lowest BCUT2D eigenvalue weighted by molar-refractivity contribution is 0.144. The van der Waals surface area contributed by atoms with E-state index in [4.69, 9.17) is 5.73 Å². The minimum atomic E-state index is -3.63. The Bertz CT molecular complexity index is 610. The molecule has 1 atom stereocenters. The molecule has 1 aromatic rings. The summed E-state index contributed by atoms with van der Waals surface area (Å²) < 4.78 is 40.4. The van der Waals surface area contributed by atoms with Crippen molar-refractivity contribution in [3.63, 3.8) is 0 Å².